The van der Waals surface area contributed by atoms with E-state index in [0.717, 1.165) is 30.2 Å². The van der Waals surface area contributed by atoms with Crippen LogP contribution in [0, 0.1) is 5.41 Å². The maximum Gasteiger partial charge on any atom is 0.417 e. The zero-order valence-electron chi connectivity index (χ0n) is 12.7. The second-order valence-corrected chi connectivity index (χ2v) is 7.61. The molecule has 2 fully saturated rings. The van der Waals surface area contributed by atoms with E-state index in [1.54, 1.807) is 0 Å². The van der Waals surface area contributed by atoms with Crippen molar-refractivity contribution in [2.24, 2.45) is 5.41 Å². The van der Waals surface area contributed by atoms with Gasteiger partial charge in [0.25, 0.3) is 0 Å². The van der Waals surface area contributed by atoms with Gasteiger partial charge in [-0.05, 0) is 66.8 Å². The Balaban J connectivity index is 1.66. The number of hydrogen-bond donors (Lipinski definition) is 0. The van der Waals surface area contributed by atoms with Crippen molar-refractivity contribution in [3.63, 3.8) is 0 Å². The molecule has 2 bridgehead atoms. The molecular weight excluding hydrogens is 337 g/mol. The van der Waals surface area contributed by atoms with Crippen LogP contribution in [0.3, 0.4) is 0 Å². The van der Waals surface area contributed by atoms with E-state index in [0.29, 0.717) is 17.3 Å². The minimum absolute atomic E-state index is 0.0120. The van der Waals surface area contributed by atoms with Gasteiger partial charge in [0.1, 0.15) is 0 Å². The lowest BCUT2D eigenvalue weighted by Gasteiger charge is -2.16. The molecular formula is C18H14ClF3N2. The Hall–Kier alpha value is -1.62. The van der Waals surface area contributed by atoms with Crippen LogP contribution in [0.5, 0.6) is 0 Å². The number of aromatic nitrogens is 2. The molecule has 3 aliphatic rings. The monoisotopic (exact) mass is 350 g/mol. The molecule has 124 valence electrons. The minimum Gasteiger partial charge on any atom is -0.166 e. The third-order valence-corrected chi connectivity index (χ3v) is 6.32. The number of rotatable bonds is 1. The van der Waals surface area contributed by atoms with Gasteiger partial charge in [-0.15, -0.1) is 0 Å². The topological polar surface area (TPSA) is 25.8 Å². The van der Waals surface area contributed by atoms with E-state index in [4.69, 9.17) is 11.6 Å². The van der Waals surface area contributed by atoms with E-state index >= 15 is 0 Å². The van der Waals surface area contributed by atoms with Gasteiger partial charge in [-0.1, -0.05) is 11.6 Å². The average molecular weight is 351 g/mol. The highest BCUT2D eigenvalue weighted by molar-refractivity contribution is 6.30. The van der Waals surface area contributed by atoms with E-state index in [1.807, 2.05) is 6.07 Å². The van der Waals surface area contributed by atoms with Crippen molar-refractivity contribution in [3.8, 4) is 11.3 Å². The van der Waals surface area contributed by atoms with E-state index in [1.165, 1.54) is 25.0 Å². The lowest BCUT2D eigenvalue weighted by Crippen LogP contribution is -2.09. The maximum absolute atomic E-state index is 13.3. The first-order valence-electron chi connectivity index (χ1n) is 8.15. The van der Waals surface area contributed by atoms with Crippen molar-refractivity contribution in [3.05, 3.63) is 46.1 Å². The summed E-state index contributed by atoms with van der Waals surface area (Å²) in [4.78, 5) is 0. The van der Waals surface area contributed by atoms with Crippen LogP contribution in [0.4, 0.5) is 13.2 Å². The number of halogens is 4. The predicted octanol–water partition coefficient (Wildman–Crippen LogP) is 5.57. The molecule has 0 unspecified atom stereocenters. The molecule has 0 saturated heterocycles. The first-order chi connectivity index (χ1) is 11.4. The van der Waals surface area contributed by atoms with Crippen molar-refractivity contribution >= 4 is 11.6 Å². The summed E-state index contributed by atoms with van der Waals surface area (Å²) >= 11 is 5.94. The van der Waals surface area contributed by atoms with Gasteiger partial charge in [0.15, 0.2) is 0 Å². The SMILES string of the molecule is FC(F)(F)c1ccc(Cl)cc1-c1cc2c(nn1)[C@H]1CC[C@@H]2C12CC2. The fourth-order valence-electron chi connectivity index (χ4n) is 4.94. The lowest BCUT2D eigenvalue weighted by molar-refractivity contribution is -0.137. The van der Waals surface area contributed by atoms with E-state index in [9.17, 15) is 13.2 Å². The van der Waals surface area contributed by atoms with Crippen LogP contribution in [0.15, 0.2) is 24.3 Å². The summed E-state index contributed by atoms with van der Waals surface area (Å²) in [5, 5.41) is 8.75. The van der Waals surface area contributed by atoms with Crippen LogP contribution >= 0.6 is 11.6 Å². The second kappa shape index (κ2) is 4.51. The number of alkyl halides is 3. The molecule has 2 aromatic rings. The fourth-order valence-corrected chi connectivity index (χ4v) is 5.11. The van der Waals surface area contributed by atoms with E-state index in [-0.39, 0.29) is 16.3 Å². The third kappa shape index (κ3) is 1.85. The average Bonchev–Trinajstić information content (AvgIpc) is 3.18. The highest BCUT2D eigenvalue weighted by Crippen LogP contribution is 2.75. The number of fused-ring (bicyclic) bond motifs is 3. The molecule has 0 N–H and O–H groups in total. The third-order valence-electron chi connectivity index (χ3n) is 6.08. The molecule has 2 atom stereocenters. The zero-order valence-corrected chi connectivity index (χ0v) is 13.5. The van der Waals surface area contributed by atoms with Crippen LogP contribution in [-0.4, -0.2) is 10.2 Å². The fraction of sp³-hybridized carbons (Fsp3) is 0.444. The van der Waals surface area contributed by atoms with Crippen molar-refractivity contribution in [2.45, 2.75) is 43.7 Å². The highest BCUT2D eigenvalue weighted by Gasteiger charge is 2.64. The van der Waals surface area contributed by atoms with Gasteiger partial charge in [0.05, 0.1) is 17.0 Å². The Labute approximate surface area is 142 Å². The molecule has 1 spiro atoms. The molecule has 0 amide bonds. The Kier molecular flexibility index (Phi) is 2.76. The summed E-state index contributed by atoms with van der Waals surface area (Å²) in [6.45, 7) is 0. The van der Waals surface area contributed by atoms with Crippen molar-refractivity contribution in [1.29, 1.82) is 0 Å². The Bertz CT molecular complexity index is 858. The summed E-state index contributed by atoms with van der Waals surface area (Å²) in [5.74, 6) is 0.903. The lowest BCUT2D eigenvalue weighted by atomic mass is 9.91. The second-order valence-electron chi connectivity index (χ2n) is 7.17. The summed E-state index contributed by atoms with van der Waals surface area (Å²) in [5.41, 5.74) is 2.04. The molecule has 0 radical (unpaired) electrons. The summed E-state index contributed by atoms with van der Waals surface area (Å²) in [6.07, 6.45) is 0.219. The molecule has 1 aromatic carbocycles. The molecule has 3 aliphatic carbocycles. The van der Waals surface area contributed by atoms with Gasteiger partial charge in [0.2, 0.25) is 0 Å². The van der Waals surface area contributed by atoms with Crippen molar-refractivity contribution < 1.29 is 13.2 Å². The van der Waals surface area contributed by atoms with Crippen LogP contribution in [0.2, 0.25) is 5.02 Å². The molecule has 2 nitrogen and oxygen atoms in total. The summed E-state index contributed by atoms with van der Waals surface area (Å²) in [6, 6.07) is 5.44. The van der Waals surface area contributed by atoms with Gasteiger partial charge >= 0.3 is 6.18 Å². The molecule has 6 heteroatoms. The van der Waals surface area contributed by atoms with Gasteiger partial charge < -0.3 is 0 Å². The molecule has 2 saturated carbocycles. The van der Waals surface area contributed by atoms with Crippen LogP contribution in [0.25, 0.3) is 11.3 Å². The number of benzene rings is 1. The van der Waals surface area contributed by atoms with Crippen LogP contribution < -0.4 is 0 Å². The quantitative estimate of drug-likeness (QED) is 0.671. The minimum atomic E-state index is -4.45. The first-order valence-corrected chi connectivity index (χ1v) is 8.52. The van der Waals surface area contributed by atoms with Crippen LogP contribution in [-0.2, 0) is 6.18 Å². The predicted molar refractivity (Wildman–Crippen MR) is 83.9 cm³/mol. The Morgan fingerprint density at radius 2 is 1.79 bits per heavy atom. The maximum atomic E-state index is 13.3. The van der Waals surface area contributed by atoms with E-state index < -0.39 is 11.7 Å². The van der Waals surface area contributed by atoms with Gasteiger partial charge in [0, 0.05) is 16.5 Å². The normalized spacial score (nSPS) is 26.0. The van der Waals surface area contributed by atoms with Gasteiger partial charge in [-0.3, -0.25) is 0 Å². The number of hydrogen-bond acceptors (Lipinski definition) is 2. The Morgan fingerprint density at radius 3 is 2.50 bits per heavy atom. The van der Waals surface area contributed by atoms with E-state index in [2.05, 4.69) is 10.2 Å². The van der Waals surface area contributed by atoms with Crippen molar-refractivity contribution in [2.75, 3.05) is 0 Å². The first kappa shape index (κ1) is 14.7. The van der Waals surface area contributed by atoms with Crippen LogP contribution in [0.1, 0.15) is 54.3 Å². The largest absolute Gasteiger partial charge is 0.417 e. The standard InChI is InChI=1S/C18H14ClF3N2/c19-9-1-2-13(18(20,21)22)10(7-9)15-8-11-12-3-4-14(16(11)24-23-15)17(12)5-6-17/h1-2,7-8,12,14H,3-6H2/t12-,14+/m0/s1. The zero-order chi connectivity index (χ0) is 16.7. The molecule has 24 heavy (non-hydrogen) atoms. The highest BCUT2D eigenvalue weighted by atomic mass is 35.5. The van der Waals surface area contributed by atoms with Gasteiger partial charge in [-0.2, -0.15) is 23.4 Å². The molecule has 0 aliphatic heterocycles. The Morgan fingerprint density at radius 1 is 1.04 bits per heavy atom. The summed E-state index contributed by atoms with van der Waals surface area (Å²) in [7, 11) is 0. The molecule has 5 rings (SSSR count). The summed E-state index contributed by atoms with van der Waals surface area (Å²) < 4.78 is 40.0. The van der Waals surface area contributed by atoms with Gasteiger partial charge in [-0.25, -0.2) is 0 Å². The number of nitrogens with zero attached hydrogens (tertiary/aromatic N) is 2. The smallest absolute Gasteiger partial charge is 0.166 e. The molecule has 1 aromatic heterocycles. The molecule has 1 heterocycles. The van der Waals surface area contributed by atoms with Crippen molar-refractivity contribution in [1.82, 2.24) is 10.2 Å².